The molecule has 0 spiro atoms. The quantitative estimate of drug-likeness (QED) is 0.860. The number of benzene rings is 1. The van der Waals surface area contributed by atoms with E-state index in [9.17, 15) is 5.11 Å². The Labute approximate surface area is 129 Å². The highest BCUT2D eigenvalue weighted by Crippen LogP contribution is 2.26. The van der Waals surface area contributed by atoms with E-state index in [-0.39, 0.29) is 18.8 Å². The van der Waals surface area contributed by atoms with E-state index in [1.54, 1.807) is 0 Å². The highest BCUT2D eigenvalue weighted by atomic mass is 79.9. The first-order valence-electron chi connectivity index (χ1n) is 7.14. The number of hydrogen-bond donors (Lipinski definition) is 2. The second kappa shape index (κ2) is 7.41. The molecule has 1 aliphatic rings. The monoisotopic (exact) mass is 342 g/mol. The van der Waals surface area contributed by atoms with E-state index >= 15 is 0 Å². The Kier molecular flexibility index (Phi) is 5.84. The molecule has 1 aromatic carbocycles. The Bertz CT molecular complexity index is 442. The lowest BCUT2D eigenvalue weighted by Crippen LogP contribution is -2.48. The minimum absolute atomic E-state index is 0.0700. The maximum Gasteiger partial charge on any atom is 0.0984 e. The fourth-order valence-electron chi connectivity index (χ4n) is 2.49. The molecule has 0 bridgehead atoms. The Morgan fingerprint density at radius 1 is 1.45 bits per heavy atom. The maximum atomic E-state index is 9.30. The van der Waals surface area contributed by atoms with E-state index in [4.69, 9.17) is 4.74 Å². The highest BCUT2D eigenvalue weighted by Gasteiger charge is 2.25. The van der Waals surface area contributed by atoms with Crippen molar-refractivity contribution in [1.82, 2.24) is 5.32 Å². The molecule has 1 aliphatic heterocycles. The summed E-state index contributed by atoms with van der Waals surface area (Å²) in [5.41, 5.74) is 2.43. The molecule has 0 aliphatic carbocycles. The fraction of sp³-hybridized carbons (Fsp3) is 0.600. The SMILES string of the molecule is CCNCc1ccc(N2CC(C)OC(CO)C2)cc1Br. The molecule has 4 nitrogen and oxygen atoms in total. The average Bonchev–Trinajstić information content (AvgIpc) is 2.45. The topological polar surface area (TPSA) is 44.7 Å². The van der Waals surface area contributed by atoms with Crippen LogP contribution in [-0.4, -0.2) is 43.6 Å². The third kappa shape index (κ3) is 3.95. The smallest absolute Gasteiger partial charge is 0.0984 e. The summed E-state index contributed by atoms with van der Waals surface area (Å²) in [6.07, 6.45) is 0.0417. The largest absolute Gasteiger partial charge is 0.394 e. The molecule has 2 unspecified atom stereocenters. The van der Waals surface area contributed by atoms with Gasteiger partial charge in [-0.1, -0.05) is 28.9 Å². The Balaban J connectivity index is 2.10. The fourth-order valence-corrected chi connectivity index (χ4v) is 3.00. The van der Waals surface area contributed by atoms with Gasteiger partial charge in [0, 0.05) is 29.8 Å². The number of hydrogen-bond acceptors (Lipinski definition) is 4. The minimum Gasteiger partial charge on any atom is -0.394 e. The molecule has 20 heavy (non-hydrogen) atoms. The molecular weight excluding hydrogens is 320 g/mol. The number of halogens is 1. The van der Waals surface area contributed by atoms with E-state index in [1.165, 1.54) is 11.3 Å². The first-order chi connectivity index (χ1) is 9.63. The molecule has 5 heteroatoms. The normalized spacial score (nSPS) is 23.1. The van der Waals surface area contributed by atoms with E-state index in [2.05, 4.69) is 51.3 Å². The molecule has 0 aromatic heterocycles. The zero-order chi connectivity index (χ0) is 14.5. The van der Waals surface area contributed by atoms with E-state index in [0.717, 1.165) is 30.7 Å². The van der Waals surface area contributed by atoms with Crippen LogP contribution in [0.15, 0.2) is 22.7 Å². The first kappa shape index (κ1) is 15.8. The van der Waals surface area contributed by atoms with Gasteiger partial charge in [0.05, 0.1) is 18.8 Å². The summed E-state index contributed by atoms with van der Waals surface area (Å²) in [6.45, 7) is 7.65. The van der Waals surface area contributed by atoms with Crippen LogP contribution in [0.2, 0.25) is 0 Å². The van der Waals surface area contributed by atoms with Gasteiger partial charge in [-0.25, -0.2) is 0 Å². The van der Waals surface area contributed by atoms with Gasteiger partial charge in [0.1, 0.15) is 0 Å². The van der Waals surface area contributed by atoms with Gasteiger partial charge in [-0.15, -0.1) is 0 Å². The van der Waals surface area contributed by atoms with Crippen molar-refractivity contribution >= 4 is 21.6 Å². The van der Waals surface area contributed by atoms with Gasteiger partial charge in [-0.05, 0) is 31.2 Å². The third-order valence-corrected chi connectivity index (χ3v) is 4.24. The number of morpholine rings is 1. The molecule has 1 heterocycles. The van der Waals surface area contributed by atoms with Crippen molar-refractivity contribution < 1.29 is 9.84 Å². The Morgan fingerprint density at radius 2 is 2.25 bits per heavy atom. The highest BCUT2D eigenvalue weighted by molar-refractivity contribution is 9.10. The summed E-state index contributed by atoms with van der Waals surface area (Å²) in [5.74, 6) is 0. The summed E-state index contributed by atoms with van der Waals surface area (Å²) in [7, 11) is 0. The van der Waals surface area contributed by atoms with Gasteiger partial charge in [-0.3, -0.25) is 0 Å². The number of nitrogens with one attached hydrogen (secondary N) is 1. The minimum atomic E-state index is -0.0982. The predicted molar refractivity (Wildman–Crippen MR) is 85.2 cm³/mol. The molecule has 2 atom stereocenters. The van der Waals surface area contributed by atoms with Crippen LogP contribution in [-0.2, 0) is 11.3 Å². The van der Waals surface area contributed by atoms with Crippen molar-refractivity contribution in [3.05, 3.63) is 28.2 Å². The van der Waals surface area contributed by atoms with Crippen molar-refractivity contribution in [3.8, 4) is 0 Å². The van der Waals surface area contributed by atoms with Gasteiger partial charge >= 0.3 is 0 Å². The number of aliphatic hydroxyl groups excluding tert-OH is 1. The first-order valence-corrected chi connectivity index (χ1v) is 7.93. The summed E-state index contributed by atoms with van der Waals surface area (Å²) in [6, 6.07) is 6.44. The second-order valence-electron chi connectivity index (χ2n) is 5.21. The van der Waals surface area contributed by atoms with Crippen LogP contribution < -0.4 is 10.2 Å². The zero-order valence-electron chi connectivity index (χ0n) is 12.1. The second-order valence-corrected chi connectivity index (χ2v) is 6.07. The number of rotatable bonds is 5. The van der Waals surface area contributed by atoms with Crippen molar-refractivity contribution in [3.63, 3.8) is 0 Å². The number of anilines is 1. The van der Waals surface area contributed by atoms with Crippen molar-refractivity contribution in [1.29, 1.82) is 0 Å². The van der Waals surface area contributed by atoms with Crippen LogP contribution in [0, 0.1) is 0 Å². The van der Waals surface area contributed by atoms with E-state index in [0.29, 0.717) is 0 Å². The van der Waals surface area contributed by atoms with Gasteiger partial charge in [0.2, 0.25) is 0 Å². The maximum absolute atomic E-state index is 9.30. The Morgan fingerprint density at radius 3 is 2.90 bits per heavy atom. The Hall–Kier alpha value is -0.620. The number of ether oxygens (including phenoxy) is 1. The van der Waals surface area contributed by atoms with Crippen LogP contribution in [0.3, 0.4) is 0 Å². The third-order valence-electron chi connectivity index (χ3n) is 3.50. The van der Waals surface area contributed by atoms with Gasteiger partial charge in [0.15, 0.2) is 0 Å². The molecule has 112 valence electrons. The van der Waals surface area contributed by atoms with Crippen molar-refractivity contribution in [2.45, 2.75) is 32.6 Å². The molecule has 0 saturated carbocycles. The molecule has 2 N–H and O–H groups in total. The van der Waals surface area contributed by atoms with E-state index in [1.807, 2.05) is 6.92 Å². The summed E-state index contributed by atoms with van der Waals surface area (Å²) >= 11 is 3.64. The molecule has 1 saturated heterocycles. The zero-order valence-corrected chi connectivity index (χ0v) is 13.7. The predicted octanol–water partition coefficient (Wildman–Crippen LogP) is 2.14. The van der Waals surface area contributed by atoms with Crippen LogP contribution in [0.4, 0.5) is 5.69 Å². The molecule has 0 radical (unpaired) electrons. The summed E-state index contributed by atoms with van der Waals surface area (Å²) in [4.78, 5) is 2.27. The van der Waals surface area contributed by atoms with Gasteiger partial charge in [0.25, 0.3) is 0 Å². The summed E-state index contributed by atoms with van der Waals surface area (Å²) in [5, 5.41) is 12.6. The van der Waals surface area contributed by atoms with E-state index < -0.39 is 0 Å². The lowest BCUT2D eigenvalue weighted by atomic mass is 10.1. The molecule has 2 rings (SSSR count). The molecular formula is C15H23BrN2O2. The lowest BCUT2D eigenvalue weighted by molar-refractivity contribution is -0.0421. The van der Waals surface area contributed by atoms with Crippen molar-refractivity contribution in [2.75, 3.05) is 31.1 Å². The number of aliphatic hydroxyl groups is 1. The van der Waals surface area contributed by atoms with Gasteiger partial charge in [-0.2, -0.15) is 0 Å². The van der Waals surface area contributed by atoms with Crippen LogP contribution in [0.25, 0.3) is 0 Å². The van der Waals surface area contributed by atoms with Crippen LogP contribution in [0.1, 0.15) is 19.4 Å². The standard InChI is InChI=1S/C15H23BrN2O2/c1-3-17-7-12-4-5-13(6-15(12)16)18-8-11(2)20-14(9-18)10-19/h4-6,11,14,17,19H,3,7-10H2,1-2H3. The van der Waals surface area contributed by atoms with Crippen molar-refractivity contribution in [2.24, 2.45) is 0 Å². The molecule has 1 fully saturated rings. The van der Waals surface area contributed by atoms with Gasteiger partial charge < -0.3 is 20.1 Å². The van der Waals surface area contributed by atoms with Crippen LogP contribution in [0.5, 0.6) is 0 Å². The van der Waals surface area contributed by atoms with Crippen LogP contribution >= 0.6 is 15.9 Å². The molecule has 1 aromatic rings. The summed E-state index contributed by atoms with van der Waals surface area (Å²) < 4.78 is 6.80. The lowest BCUT2D eigenvalue weighted by Gasteiger charge is -2.37. The number of nitrogens with zero attached hydrogens (tertiary/aromatic N) is 1. The molecule has 0 amide bonds. The average molecular weight is 343 g/mol.